The topological polar surface area (TPSA) is 46.2 Å². The van der Waals surface area contributed by atoms with E-state index in [9.17, 15) is 8.42 Å². The summed E-state index contributed by atoms with van der Waals surface area (Å²) in [5.41, 5.74) is 1.24. The third-order valence-electron chi connectivity index (χ3n) is 4.58. The molecule has 0 saturated heterocycles. The van der Waals surface area contributed by atoms with Gasteiger partial charge >= 0.3 is 0 Å². The summed E-state index contributed by atoms with van der Waals surface area (Å²) in [6, 6.07) is 8.22. The average Bonchev–Trinajstić information content (AvgIpc) is 2.46. The summed E-state index contributed by atoms with van der Waals surface area (Å²) in [6.45, 7) is 0. The Morgan fingerprint density at radius 1 is 1.29 bits per heavy atom. The molecule has 118 valence electrons. The largest absolute Gasteiger partial charge is 0.316 e. The fourth-order valence-corrected chi connectivity index (χ4v) is 4.63. The van der Waals surface area contributed by atoms with Crippen molar-refractivity contribution in [2.45, 2.75) is 43.4 Å². The van der Waals surface area contributed by atoms with Gasteiger partial charge in [-0.15, -0.1) is 0 Å². The van der Waals surface area contributed by atoms with Crippen LogP contribution in [0.2, 0.25) is 5.02 Å². The molecule has 0 heterocycles. The van der Waals surface area contributed by atoms with Crippen molar-refractivity contribution in [3.05, 3.63) is 34.9 Å². The Morgan fingerprint density at radius 3 is 2.52 bits per heavy atom. The Morgan fingerprint density at radius 2 is 1.95 bits per heavy atom. The molecule has 3 nitrogen and oxygen atoms in total. The number of hydrogen-bond acceptors (Lipinski definition) is 3. The summed E-state index contributed by atoms with van der Waals surface area (Å²) in [5.74, 6) is 0.416. The number of nitrogens with one attached hydrogen (secondary N) is 1. The lowest BCUT2D eigenvalue weighted by Gasteiger charge is -2.34. The number of benzene rings is 1. The van der Waals surface area contributed by atoms with Crippen LogP contribution < -0.4 is 5.32 Å². The molecule has 0 spiro atoms. The molecule has 0 aromatic heterocycles. The van der Waals surface area contributed by atoms with Gasteiger partial charge in [0.25, 0.3) is 0 Å². The average molecular weight is 330 g/mol. The molecule has 1 aliphatic rings. The van der Waals surface area contributed by atoms with Gasteiger partial charge in [-0.05, 0) is 56.3 Å². The van der Waals surface area contributed by atoms with E-state index in [4.69, 9.17) is 11.6 Å². The Kier molecular flexibility index (Phi) is 5.69. The van der Waals surface area contributed by atoms with Crippen molar-refractivity contribution in [1.29, 1.82) is 0 Å². The lowest BCUT2D eigenvalue weighted by atomic mass is 9.81. The van der Waals surface area contributed by atoms with Crippen LogP contribution in [0, 0.1) is 5.92 Å². The molecule has 0 bridgehead atoms. The van der Waals surface area contributed by atoms with Crippen molar-refractivity contribution in [1.82, 2.24) is 5.32 Å². The van der Waals surface area contributed by atoms with Crippen LogP contribution in [0.3, 0.4) is 0 Å². The lowest BCUT2D eigenvalue weighted by molar-refractivity contribution is 0.278. The summed E-state index contributed by atoms with van der Waals surface area (Å²) in [6.07, 6.45) is 5.97. The van der Waals surface area contributed by atoms with Crippen LogP contribution in [0.25, 0.3) is 0 Å². The van der Waals surface area contributed by atoms with E-state index in [1.807, 2.05) is 31.3 Å². The molecule has 5 heteroatoms. The van der Waals surface area contributed by atoms with Gasteiger partial charge in [-0.3, -0.25) is 0 Å². The number of sulfone groups is 1. The van der Waals surface area contributed by atoms with E-state index in [1.54, 1.807) is 0 Å². The number of hydrogen-bond donors (Lipinski definition) is 1. The van der Waals surface area contributed by atoms with E-state index in [0.29, 0.717) is 12.0 Å². The molecule has 1 saturated carbocycles. The zero-order valence-electron chi connectivity index (χ0n) is 12.7. The van der Waals surface area contributed by atoms with Crippen LogP contribution in [-0.2, 0) is 16.3 Å². The smallest absolute Gasteiger partial charge is 0.150 e. The summed E-state index contributed by atoms with van der Waals surface area (Å²) in [7, 11) is -0.961. The fourth-order valence-electron chi connectivity index (χ4n) is 3.31. The highest BCUT2D eigenvalue weighted by Gasteiger charge is 2.32. The second-order valence-electron chi connectivity index (χ2n) is 6.10. The Labute approximate surface area is 133 Å². The van der Waals surface area contributed by atoms with Gasteiger partial charge in [0.05, 0.1) is 5.25 Å². The minimum absolute atomic E-state index is 0.169. The van der Waals surface area contributed by atoms with Gasteiger partial charge in [-0.2, -0.15) is 0 Å². The minimum atomic E-state index is -2.92. The van der Waals surface area contributed by atoms with Gasteiger partial charge in [0.2, 0.25) is 0 Å². The van der Waals surface area contributed by atoms with Crippen molar-refractivity contribution in [3.63, 3.8) is 0 Å². The van der Waals surface area contributed by atoms with Crippen LogP contribution in [-0.4, -0.2) is 33.0 Å². The lowest BCUT2D eigenvalue weighted by Crippen LogP contribution is -2.40. The van der Waals surface area contributed by atoms with Gasteiger partial charge in [0, 0.05) is 17.3 Å². The van der Waals surface area contributed by atoms with Crippen molar-refractivity contribution >= 4 is 21.4 Å². The first kappa shape index (κ1) is 16.8. The molecule has 1 aliphatic carbocycles. The number of likely N-dealkylation sites (N-methyl/N-ethyl adjacent to an activating group) is 1. The first-order valence-electron chi connectivity index (χ1n) is 7.50. The van der Waals surface area contributed by atoms with Crippen LogP contribution in [0.5, 0.6) is 0 Å². The molecule has 0 radical (unpaired) electrons. The molecule has 2 rings (SSSR count). The molecule has 0 aliphatic heterocycles. The molecule has 0 amide bonds. The highest BCUT2D eigenvalue weighted by Crippen LogP contribution is 2.31. The predicted octanol–water partition coefficient (Wildman–Crippen LogP) is 3.07. The van der Waals surface area contributed by atoms with Crippen LogP contribution >= 0.6 is 11.6 Å². The first-order chi connectivity index (χ1) is 9.90. The first-order valence-corrected chi connectivity index (χ1v) is 9.84. The summed E-state index contributed by atoms with van der Waals surface area (Å²) < 4.78 is 23.6. The SMILES string of the molecule is CNC(Cc1ccc(Cl)cc1)C1CCCC(S(C)(=O)=O)C1. The van der Waals surface area contributed by atoms with E-state index >= 15 is 0 Å². The van der Waals surface area contributed by atoms with Gasteiger partial charge < -0.3 is 5.32 Å². The van der Waals surface area contributed by atoms with Crippen LogP contribution in [0.1, 0.15) is 31.2 Å². The van der Waals surface area contributed by atoms with Gasteiger partial charge in [0.15, 0.2) is 0 Å². The second-order valence-corrected chi connectivity index (χ2v) is 8.87. The molecule has 1 aromatic rings. The molecule has 3 unspecified atom stereocenters. The van der Waals surface area contributed by atoms with Crippen molar-refractivity contribution < 1.29 is 8.42 Å². The van der Waals surface area contributed by atoms with E-state index in [1.165, 1.54) is 11.8 Å². The molecule has 1 N–H and O–H groups in total. The normalized spacial score (nSPS) is 24.7. The number of rotatable bonds is 5. The standard InChI is InChI=1S/C16H24ClNO2S/c1-18-16(10-12-6-8-14(17)9-7-12)13-4-3-5-15(11-13)21(2,19)20/h6-9,13,15-16,18H,3-5,10-11H2,1-2H3. The van der Waals surface area contributed by atoms with Crippen molar-refractivity contribution in [2.24, 2.45) is 5.92 Å². The van der Waals surface area contributed by atoms with E-state index in [-0.39, 0.29) is 5.25 Å². The minimum Gasteiger partial charge on any atom is -0.316 e. The maximum absolute atomic E-state index is 11.8. The third kappa shape index (κ3) is 4.70. The maximum atomic E-state index is 11.8. The zero-order valence-corrected chi connectivity index (χ0v) is 14.3. The van der Waals surface area contributed by atoms with E-state index < -0.39 is 9.84 Å². The van der Waals surface area contributed by atoms with Gasteiger partial charge in [0.1, 0.15) is 9.84 Å². The molecular formula is C16H24ClNO2S. The van der Waals surface area contributed by atoms with Gasteiger partial charge in [-0.1, -0.05) is 30.2 Å². The molecule has 1 fully saturated rings. The maximum Gasteiger partial charge on any atom is 0.150 e. The van der Waals surface area contributed by atoms with E-state index in [2.05, 4.69) is 5.32 Å². The third-order valence-corrected chi connectivity index (χ3v) is 6.47. The summed E-state index contributed by atoms with van der Waals surface area (Å²) in [5, 5.41) is 3.95. The van der Waals surface area contributed by atoms with Crippen LogP contribution in [0.15, 0.2) is 24.3 Å². The highest BCUT2D eigenvalue weighted by atomic mass is 35.5. The Bertz CT molecular complexity index is 556. The Hall–Kier alpha value is -0.580. The monoisotopic (exact) mass is 329 g/mol. The molecule has 3 atom stereocenters. The van der Waals surface area contributed by atoms with Crippen molar-refractivity contribution in [3.8, 4) is 0 Å². The zero-order chi connectivity index (χ0) is 15.5. The summed E-state index contributed by atoms with van der Waals surface area (Å²) >= 11 is 5.92. The van der Waals surface area contributed by atoms with Crippen LogP contribution in [0.4, 0.5) is 0 Å². The fraction of sp³-hybridized carbons (Fsp3) is 0.625. The quantitative estimate of drug-likeness (QED) is 0.903. The summed E-state index contributed by atoms with van der Waals surface area (Å²) in [4.78, 5) is 0. The molecule has 1 aromatic carbocycles. The Balaban J connectivity index is 2.04. The highest BCUT2D eigenvalue weighted by molar-refractivity contribution is 7.91. The second kappa shape index (κ2) is 7.12. The molecular weight excluding hydrogens is 306 g/mol. The van der Waals surface area contributed by atoms with Crippen molar-refractivity contribution in [2.75, 3.05) is 13.3 Å². The van der Waals surface area contributed by atoms with E-state index in [0.717, 1.165) is 37.1 Å². The molecule has 21 heavy (non-hydrogen) atoms. The number of halogens is 1. The van der Waals surface area contributed by atoms with Gasteiger partial charge in [-0.25, -0.2) is 8.42 Å². The predicted molar refractivity (Wildman–Crippen MR) is 88.6 cm³/mol.